The molecule has 0 fully saturated rings. The molecule has 4 rings (SSSR count). The molecule has 0 spiro atoms. The number of halogens is 1. The Kier molecular flexibility index (Phi) is 5.53. The molecule has 0 aliphatic heterocycles. The number of hydrogen-bond acceptors (Lipinski definition) is 5. The van der Waals surface area contributed by atoms with E-state index >= 15 is 0 Å². The highest BCUT2D eigenvalue weighted by Crippen LogP contribution is 2.32. The fraction of sp³-hybridized carbons (Fsp3) is 0.0870. The van der Waals surface area contributed by atoms with Gasteiger partial charge in [0.1, 0.15) is 22.3 Å². The van der Waals surface area contributed by atoms with Crippen molar-refractivity contribution in [2.45, 2.75) is 5.03 Å². The molecule has 6 heteroatoms. The van der Waals surface area contributed by atoms with E-state index in [1.807, 2.05) is 24.3 Å². The summed E-state index contributed by atoms with van der Waals surface area (Å²) in [5.41, 5.74) is 2.10. The van der Waals surface area contributed by atoms with Crippen molar-refractivity contribution in [2.24, 2.45) is 0 Å². The predicted octanol–water partition coefficient (Wildman–Crippen LogP) is 5.42. The Hall–Kier alpha value is -3.25. The minimum Gasteiger partial charge on any atom is -0.497 e. The highest BCUT2D eigenvalue weighted by atomic mass is 32.2. The van der Waals surface area contributed by atoms with E-state index in [9.17, 15) is 9.18 Å². The van der Waals surface area contributed by atoms with Crippen LogP contribution in [-0.2, 0) is 0 Å². The number of carbonyl (C=O) groups is 1. The van der Waals surface area contributed by atoms with Crippen LogP contribution >= 0.6 is 11.8 Å². The van der Waals surface area contributed by atoms with Crippen molar-refractivity contribution in [2.75, 3.05) is 12.9 Å². The molecule has 1 heterocycles. The van der Waals surface area contributed by atoms with Gasteiger partial charge >= 0.3 is 0 Å². The zero-order chi connectivity index (χ0) is 20.2. The summed E-state index contributed by atoms with van der Waals surface area (Å²) in [6, 6.07) is 21.0. The zero-order valence-corrected chi connectivity index (χ0v) is 16.4. The third kappa shape index (κ3) is 4.12. The molecule has 29 heavy (non-hydrogen) atoms. The van der Waals surface area contributed by atoms with Crippen molar-refractivity contribution < 1.29 is 13.9 Å². The molecule has 144 valence electrons. The van der Waals surface area contributed by atoms with E-state index in [-0.39, 0.29) is 17.4 Å². The number of thioether (sulfide) groups is 1. The van der Waals surface area contributed by atoms with Crippen LogP contribution in [-0.4, -0.2) is 28.8 Å². The minimum absolute atomic E-state index is 0.00569. The van der Waals surface area contributed by atoms with Gasteiger partial charge in [-0.2, -0.15) is 0 Å². The Morgan fingerprint density at radius 2 is 1.62 bits per heavy atom. The third-order valence-electron chi connectivity index (χ3n) is 4.52. The molecule has 4 nitrogen and oxygen atoms in total. The van der Waals surface area contributed by atoms with Crippen molar-refractivity contribution in [3.63, 3.8) is 0 Å². The van der Waals surface area contributed by atoms with E-state index in [0.717, 1.165) is 16.3 Å². The Labute approximate surface area is 171 Å². The first-order chi connectivity index (χ1) is 14.2. The van der Waals surface area contributed by atoms with Gasteiger partial charge in [-0.15, -0.1) is 10.2 Å². The quantitative estimate of drug-likeness (QED) is 0.317. The average Bonchev–Trinajstić information content (AvgIpc) is 2.78. The summed E-state index contributed by atoms with van der Waals surface area (Å²) in [4.78, 5) is 12.5. The number of Topliss-reactive ketones (excluding diaryl/α,β-unsaturated/α-hetero) is 1. The van der Waals surface area contributed by atoms with Crippen LogP contribution in [0.15, 0.2) is 77.8 Å². The van der Waals surface area contributed by atoms with Crippen LogP contribution in [0.4, 0.5) is 4.39 Å². The van der Waals surface area contributed by atoms with Crippen molar-refractivity contribution in [1.29, 1.82) is 0 Å². The van der Waals surface area contributed by atoms with E-state index < -0.39 is 0 Å². The number of benzene rings is 3. The fourth-order valence-electron chi connectivity index (χ4n) is 3.00. The second-order valence-corrected chi connectivity index (χ2v) is 7.31. The minimum atomic E-state index is -0.296. The number of fused-ring (bicyclic) bond motifs is 1. The van der Waals surface area contributed by atoms with Crippen LogP contribution in [0.3, 0.4) is 0 Å². The van der Waals surface area contributed by atoms with Gasteiger partial charge in [0.05, 0.1) is 12.9 Å². The van der Waals surface area contributed by atoms with Gasteiger partial charge in [0.2, 0.25) is 0 Å². The van der Waals surface area contributed by atoms with Gasteiger partial charge in [0.25, 0.3) is 0 Å². The molecule has 0 aliphatic rings. The number of ketones is 1. The number of carbonyl (C=O) groups excluding carboxylic acids is 1. The molecule has 0 unspecified atom stereocenters. The van der Waals surface area contributed by atoms with E-state index in [1.54, 1.807) is 43.5 Å². The highest BCUT2D eigenvalue weighted by molar-refractivity contribution is 8.00. The van der Waals surface area contributed by atoms with Gasteiger partial charge in [0, 0.05) is 21.9 Å². The van der Waals surface area contributed by atoms with Crippen LogP contribution < -0.4 is 4.74 Å². The largest absolute Gasteiger partial charge is 0.497 e. The lowest BCUT2D eigenvalue weighted by molar-refractivity contribution is 0.102. The Morgan fingerprint density at radius 3 is 2.31 bits per heavy atom. The maximum absolute atomic E-state index is 13.3. The number of nitrogens with zero attached hydrogens (tertiary/aromatic N) is 2. The molecule has 3 aromatic carbocycles. The van der Waals surface area contributed by atoms with E-state index in [2.05, 4.69) is 10.2 Å². The molecule has 0 amide bonds. The van der Waals surface area contributed by atoms with Crippen LogP contribution in [0.1, 0.15) is 10.4 Å². The molecule has 1 aromatic heterocycles. The SMILES string of the molecule is COc1ccc(C(=O)CSc2nnc(-c3ccc(F)cc3)c3ccccc23)cc1. The molecular formula is C23H17FN2O2S. The normalized spacial score (nSPS) is 10.8. The third-order valence-corrected chi connectivity index (χ3v) is 5.50. The lowest BCUT2D eigenvalue weighted by Crippen LogP contribution is -2.03. The van der Waals surface area contributed by atoms with Crippen molar-refractivity contribution in [1.82, 2.24) is 10.2 Å². The number of aromatic nitrogens is 2. The standard InChI is InChI=1S/C23H17FN2O2S/c1-28-18-12-8-15(9-13-18)21(27)14-29-23-20-5-3-2-4-19(20)22(25-26-23)16-6-10-17(24)11-7-16/h2-13H,14H2,1H3. The Balaban J connectivity index is 1.60. The first-order valence-electron chi connectivity index (χ1n) is 8.97. The monoisotopic (exact) mass is 404 g/mol. The second-order valence-electron chi connectivity index (χ2n) is 6.35. The lowest BCUT2D eigenvalue weighted by Gasteiger charge is -2.09. The maximum Gasteiger partial charge on any atom is 0.173 e. The van der Waals surface area contributed by atoms with Gasteiger partial charge in [-0.05, 0) is 48.5 Å². The average molecular weight is 404 g/mol. The first kappa shape index (κ1) is 19.1. The molecule has 0 aliphatic carbocycles. The number of methoxy groups -OCH3 is 1. The number of rotatable bonds is 6. The second kappa shape index (κ2) is 8.41. The van der Waals surface area contributed by atoms with Crippen molar-refractivity contribution >= 4 is 28.3 Å². The van der Waals surface area contributed by atoms with Gasteiger partial charge in [-0.25, -0.2) is 4.39 Å². The van der Waals surface area contributed by atoms with Crippen LogP contribution in [0, 0.1) is 5.82 Å². The van der Waals surface area contributed by atoms with E-state index in [4.69, 9.17) is 4.74 Å². The van der Waals surface area contributed by atoms with Crippen LogP contribution in [0.25, 0.3) is 22.0 Å². The summed E-state index contributed by atoms with van der Waals surface area (Å²) in [5.74, 6) is 0.671. The first-order valence-corrected chi connectivity index (χ1v) is 9.95. The van der Waals surface area contributed by atoms with Gasteiger partial charge in [-0.1, -0.05) is 36.0 Å². The summed E-state index contributed by atoms with van der Waals surface area (Å²) in [7, 11) is 1.59. The number of hydrogen-bond donors (Lipinski definition) is 0. The summed E-state index contributed by atoms with van der Waals surface area (Å²) < 4.78 is 18.4. The van der Waals surface area contributed by atoms with Gasteiger partial charge in [0.15, 0.2) is 5.78 Å². The van der Waals surface area contributed by atoms with Gasteiger partial charge in [-0.3, -0.25) is 4.79 Å². The molecule has 0 saturated heterocycles. The van der Waals surface area contributed by atoms with Crippen LogP contribution in [0.2, 0.25) is 0 Å². The molecule has 4 aromatic rings. The predicted molar refractivity (Wildman–Crippen MR) is 113 cm³/mol. The van der Waals surface area contributed by atoms with Gasteiger partial charge < -0.3 is 4.74 Å². The molecular weight excluding hydrogens is 387 g/mol. The van der Waals surface area contributed by atoms with E-state index in [0.29, 0.717) is 22.0 Å². The molecule has 0 saturated carbocycles. The molecule has 0 N–H and O–H groups in total. The molecule has 0 bridgehead atoms. The summed E-state index contributed by atoms with van der Waals surface area (Å²) in [6.07, 6.45) is 0. The number of ether oxygens (including phenoxy) is 1. The summed E-state index contributed by atoms with van der Waals surface area (Å²) >= 11 is 1.35. The summed E-state index contributed by atoms with van der Waals surface area (Å²) in [5, 5.41) is 11.2. The maximum atomic E-state index is 13.3. The van der Waals surface area contributed by atoms with Crippen LogP contribution in [0.5, 0.6) is 5.75 Å². The van der Waals surface area contributed by atoms with E-state index in [1.165, 1.54) is 23.9 Å². The zero-order valence-electron chi connectivity index (χ0n) is 15.6. The summed E-state index contributed by atoms with van der Waals surface area (Å²) in [6.45, 7) is 0. The lowest BCUT2D eigenvalue weighted by atomic mass is 10.1. The molecule has 0 radical (unpaired) electrons. The topological polar surface area (TPSA) is 52.1 Å². The van der Waals surface area contributed by atoms with Crippen molar-refractivity contribution in [3.8, 4) is 17.0 Å². The Bertz CT molecular complexity index is 1160. The fourth-order valence-corrected chi connectivity index (χ4v) is 3.87. The smallest absolute Gasteiger partial charge is 0.173 e. The highest BCUT2D eigenvalue weighted by Gasteiger charge is 2.14. The molecule has 0 atom stereocenters. The van der Waals surface area contributed by atoms with Crippen molar-refractivity contribution in [3.05, 3.63) is 84.2 Å². The Morgan fingerprint density at radius 1 is 0.931 bits per heavy atom.